The Balaban J connectivity index is 1.92. The van der Waals surface area contributed by atoms with Crippen molar-refractivity contribution in [1.29, 1.82) is 5.26 Å². The number of ether oxygens (including phenoxy) is 1. The van der Waals surface area contributed by atoms with Crippen molar-refractivity contribution in [3.63, 3.8) is 0 Å². The van der Waals surface area contributed by atoms with Crippen molar-refractivity contribution in [2.75, 3.05) is 11.9 Å². The third kappa shape index (κ3) is 3.33. The van der Waals surface area contributed by atoms with Gasteiger partial charge in [0.25, 0.3) is 5.91 Å². The number of rotatable bonds is 4. The topological polar surface area (TPSA) is 90.8 Å². The van der Waals surface area contributed by atoms with Crippen molar-refractivity contribution in [3.8, 4) is 11.8 Å². The fraction of sp³-hybridized carbons (Fsp3) is 0.154. The number of H-pyrrole nitrogens is 1. The summed E-state index contributed by atoms with van der Waals surface area (Å²) in [5.41, 5.74) is 1.25. The summed E-state index contributed by atoms with van der Waals surface area (Å²) >= 11 is 0. The number of benzene rings is 1. The SMILES string of the molecule is Cc1cc(NC(=O)COc2ccccc2C#N)n[nH]1. The smallest absolute Gasteiger partial charge is 0.263 e. The third-order valence-corrected chi connectivity index (χ3v) is 2.34. The molecule has 6 heteroatoms. The van der Waals surface area contributed by atoms with E-state index in [1.807, 2.05) is 13.0 Å². The van der Waals surface area contributed by atoms with Crippen LogP contribution in [0.15, 0.2) is 30.3 Å². The van der Waals surface area contributed by atoms with Crippen LogP contribution in [0.5, 0.6) is 5.75 Å². The lowest BCUT2D eigenvalue weighted by atomic mass is 10.2. The largest absolute Gasteiger partial charge is 0.482 e. The minimum Gasteiger partial charge on any atom is -0.482 e. The molecule has 0 saturated carbocycles. The lowest BCUT2D eigenvalue weighted by Gasteiger charge is -2.06. The van der Waals surface area contributed by atoms with Gasteiger partial charge >= 0.3 is 0 Å². The van der Waals surface area contributed by atoms with Crippen molar-refractivity contribution in [2.45, 2.75) is 6.92 Å². The number of aromatic nitrogens is 2. The van der Waals surface area contributed by atoms with Gasteiger partial charge in [-0.1, -0.05) is 12.1 Å². The second-order valence-corrected chi connectivity index (χ2v) is 3.88. The molecule has 1 amide bonds. The monoisotopic (exact) mass is 256 g/mol. The standard InChI is InChI=1S/C13H12N4O2/c1-9-6-12(17-16-9)15-13(18)8-19-11-5-3-2-4-10(11)7-14/h2-6H,8H2,1H3,(H2,15,16,17,18). The lowest BCUT2D eigenvalue weighted by Crippen LogP contribution is -2.20. The molecule has 19 heavy (non-hydrogen) atoms. The van der Waals surface area contributed by atoms with Crippen LogP contribution in [0.2, 0.25) is 0 Å². The highest BCUT2D eigenvalue weighted by molar-refractivity contribution is 5.91. The number of hydrogen-bond donors (Lipinski definition) is 2. The Hall–Kier alpha value is -2.81. The van der Waals surface area contributed by atoms with Crippen molar-refractivity contribution < 1.29 is 9.53 Å². The summed E-state index contributed by atoms with van der Waals surface area (Å²) in [5.74, 6) is 0.497. The summed E-state index contributed by atoms with van der Waals surface area (Å²) in [6.45, 7) is 1.66. The van der Waals surface area contributed by atoms with Crippen LogP contribution in [0.1, 0.15) is 11.3 Å². The molecule has 1 heterocycles. The summed E-state index contributed by atoms with van der Waals surface area (Å²) in [5, 5.41) is 18.1. The van der Waals surface area contributed by atoms with Crippen LogP contribution in [-0.4, -0.2) is 22.7 Å². The molecule has 1 aromatic heterocycles. The van der Waals surface area contributed by atoms with Crippen LogP contribution in [0, 0.1) is 18.3 Å². The number of amides is 1. The summed E-state index contributed by atoms with van der Waals surface area (Å²) < 4.78 is 5.30. The average Bonchev–Trinajstić information content (AvgIpc) is 2.82. The zero-order valence-electron chi connectivity index (χ0n) is 10.3. The van der Waals surface area contributed by atoms with E-state index >= 15 is 0 Å². The first kappa shape index (κ1) is 12.6. The summed E-state index contributed by atoms with van der Waals surface area (Å²) in [6.07, 6.45) is 0. The molecule has 2 rings (SSSR count). The second-order valence-electron chi connectivity index (χ2n) is 3.88. The molecule has 2 aromatic rings. The van der Waals surface area contributed by atoms with Crippen LogP contribution < -0.4 is 10.1 Å². The Kier molecular flexibility index (Phi) is 3.78. The molecule has 0 unspecified atom stereocenters. The number of nitrogens with one attached hydrogen (secondary N) is 2. The van der Waals surface area contributed by atoms with Gasteiger partial charge in [0.1, 0.15) is 11.8 Å². The van der Waals surface area contributed by atoms with Gasteiger partial charge in [-0.3, -0.25) is 9.89 Å². The van der Waals surface area contributed by atoms with E-state index in [9.17, 15) is 4.79 Å². The first-order valence-electron chi connectivity index (χ1n) is 5.63. The lowest BCUT2D eigenvalue weighted by molar-refractivity contribution is -0.118. The van der Waals surface area contributed by atoms with Crippen LogP contribution in [0.4, 0.5) is 5.82 Å². The Bertz CT molecular complexity index is 628. The Morgan fingerprint density at radius 3 is 3.00 bits per heavy atom. The molecule has 6 nitrogen and oxygen atoms in total. The maximum atomic E-state index is 11.6. The summed E-state index contributed by atoms with van der Waals surface area (Å²) in [4.78, 5) is 11.6. The van der Waals surface area contributed by atoms with Gasteiger partial charge in [0.15, 0.2) is 12.4 Å². The van der Waals surface area contributed by atoms with Gasteiger partial charge < -0.3 is 10.1 Å². The maximum Gasteiger partial charge on any atom is 0.263 e. The van der Waals surface area contributed by atoms with E-state index in [1.165, 1.54) is 0 Å². The van der Waals surface area contributed by atoms with Crippen molar-refractivity contribution in [1.82, 2.24) is 10.2 Å². The van der Waals surface area contributed by atoms with Gasteiger partial charge in [-0.2, -0.15) is 10.4 Å². The van der Waals surface area contributed by atoms with Crippen molar-refractivity contribution in [2.24, 2.45) is 0 Å². The Morgan fingerprint density at radius 1 is 1.53 bits per heavy atom. The molecule has 0 aliphatic carbocycles. The molecule has 0 radical (unpaired) electrons. The quantitative estimate of drug-likeness (QED) is 0.869. The number of carbonyl (C=O) groups is 1. The van der Waals surface area contributed by atoms with Gasteiger partial charge in [-0.15, -0.1) is 0 Å². The van der Waals surface area contributed by atoms with Crippen LogP contribution >= 0.6 is 0 Å². The fourth-order valence-corrected chi connectivity index (χ4v) is 1.49. The molecule has 2 N–H and O–H groups in total. The van der Waals surface area contributed by atoms with E-state index in [0.29, 0.717) is 17.1 Å². The van der Waals surface area contributed by atoms with Crippen LogP contribution in [0.3, 0.4) is 0 Å². The number of nitrogens with zero attached hydrogens (tertiary/aromatic N) is 2. The van der Waals surface area contributed by atoms with Gasteiger partial charge in [0.2, 0.25) is 0 Å². The molecule has 0 aliphatic rings. The van der Waals surface area contributed by atoms with Gasteiger partial charge in [-0.05, 0) is 19.1 Å². The van der Waals surface area contributed by atoms with E-state index in [1.54, 1.807) is 30.3 Å². The van der Waals surface area contributed by atoms with Gasteiger partial charge in [-0.25, -0.2) is 0 Å². The molecular formula is C13H12N4O2. The molecule has 0 atom stereocenters. The Labute approximate surface area is 110 Å². The molecule has 0 bridgehead atoms. The number of para-hydroxylation sites is 1. The first-order valence-corrected chi connectivity index (χ1v) is 5.63. The van der Waals surface area contributed by atoms with Crippen molar-refractivity contribution >= 4 is 11.7 Å². The van der Waals surface area contributed by atoms with E-state index in [4.69, 9.17) is 10.00 Å². The molecule has 96 valence electrons. The molecule has 0 spiro atoms. The van der Waals surface area contributed by atoms with Gasteiger partial charge in [0.05, 0.1) is 5.56 Å². The highest BCUT2D eigenvalue weighted by Crippen LogP contribution is 2.16. The van der Waals surface area contributed by atoms with Gasteiger partial charge in [0, 0.05) is 11.8 Å². The maximum absolute atomic E-state index is 11.6. The zero-order valence-corrected chi connectivity index (χ0v) is 10.3. The molecule has 0 aliphatic heterocycles. The highest BCUT2D eigenvalue weighted by atomic mass is 16.5. The molecule has 0 saturated heterocycles. The highest BCUT2D eigenvalue weighted by Gasteiger charge is 2.07. The minimum absolute atomic E-state index is 0.176. The fourth-order valence-electron chi connectivity index (χ4n) is 1.49. The number of anilines is 1. The van der Waals surface area contributed by atoms with Crippen molar-refractivity contribution in [3.05, 3.63) is 41.6 Å². The Morgan fingerprint density at radius 2 is 2.32 bits per heavy atom. The predicted molar refractivity (Wildman–Crippen MR) is 68.6 cm³/mol. The van der Waals surface area contributed by atoms with E-state index in [2.05, 4.69) is 15.5 Å². The number of carbonyl (C=O) groups excluding carboxylic acids is 1. The molecule has 0 fully saturated rings. The first-order chi connectivity index (χ1) is 9.19. The van der Waals surface area contributed by atoms with Crippen LogP contribution in [-0.2, 0) is 4.79 Å². The summed E-state index contributed by atoms with van der Waals surface area (Å²) in [7, 11) is 0. The second kappa shape index (κ2) is 5.69. The predicted octanol–water partition coefficient (Wildman–Crippen LogP) is 1.61. The number of hydrogen-bond acceptors (Lipinski definition) is 4. The van der Waals surface area contributed by atoms with Crippen LogP contribution in [0.25, 0.3) is 0 Å². The number of aromatic amines is 1. The van der Waals surface area contributed by atoms with E-state index in [-0.39, 0.29) is 12.5 Å². The number of aryl methyl sites for hydroxylation is 1. The third-order valence-electron chi connectivity index (χ3n) is 2.34. The average molecular weight is 256 g/mol. The number of nitriles is 1. The molecular weight excluding hydrogens is 244 g/mol. The summed E-state index contributed by atoms with van der Waals surface area (Å²) in [6, 6.07) is 10.5. The normalized spacial score (nSPS) is 9.68. The zero-order chi connectivity index (χ0) is 13.7. The van der Waals surface area contributed by atoms with E-state index in [0.717, 1.165) is 5.69 Å². The molecule has 1 aromatic carbocycles. The van der Waals surface area contributed by atoms with E-state index < -0.39 is 0 Å². The minimum atomic E-state index is -0.334.